The Hall–Kier alpha value is -2.37. The number of benzene rings is 1. The van der Waals surface area contributed by atoms with Crippen molar-refractivity contribution in [2.24, 2.45) is 5.73 Å². The van der Waals surface area contributed by atoms with Crippen molar-refractivity contribution in [1.29, 1.82) is 0 Å². The van der Waals surface area contributed by atoms with Gasteiger partial charge in [-0.05, 0) is 24.6 Å². The lowest BCUT2D eigenvalue weighted by Crippen LogP contribution is -2.12. The van der Waals surface area contributed by atoms with Gasteiger partial charge in [-0.1, -0.05) is 6.92 Å². The summed E-state index contributed by atoms with van der Waals surface area (Å²) in [5, 5.41) is 7.14. The minimum absolute atomic E-state index is 0.254. The van der Waals surface area contributed by atoms with Crippen molar-refractivity contribution in [2.45, 2.75) is 26.4 Å². The fraction of sp³-hybridized carbons (Fsp3) is 0.286. The monoisotopic (exact) mass is 276 g/mol. The van der Waals surface area contributed by atoms with Crippen LogP contribution in [0.5, 0.6) is 0 Å². The first-order valence-corrected chi connectivity index (χ1v) is 6.44. The van der Waals surface area contributed by atoms with Gasteiger partial charge in [0.05, 0.1) is 11.9 Å². The molecule has 1 aromatic carbocycles. The minimum atomic E-state index is -0.580. The highest BCUT2D eigenvalue weighted by Crippen LogP contribution is 2.17. The molecule has 1 amide bonds. The number of hydrogen-bond acceptors (Lipinski definition) is 3. The smallest absolute Gasteiger partial charge is 0.248 e. The summed E-state index contributed by atoms with van der Waals surface area (Å²) in [4.78, 5) is 11.1. The van der Waals surface area contributed by atoms with E-state index in [1.165, 1.54) is 18.2 Å². The van der Waals surface area contributed by atoms with Crippen LogP contribution in [0.25, 0.3) is 0 Å². The number of hydrogen-bond donors (Lipinski definition) is 2. The third-order valence-corrected chi connectivity index (χ3v) is 2.87. The zero-order chi connectivity index (χ0) is 14.5. The van der Waals surface area contributed by atoms with Crippen molar-refractivity contribution in [3.05, 3.63) is 47.5 Å². The summed E-state index contributed by atoms with van der Waals surface area (Å²) in [6.45, 7) is 3.36. The number of carbonyl (C=O) groups excluding carboxylic acids is 1. The maximum absolute atomic E-state index is 13.6. The average Bonchev–Trinajstić information content (AvgIpc) is 2.86. The minimum Gasteiger partial charge on any atom is -0.378 e. The van der Waals surface area contributed by atoms with Gasteiger partial charge in [-0.15, -0.1) is 0 Å². The molecule has 0 atom stereocenters. The fourth-order valence-corrected chi connectivity index (χ4v) is 1.86. The molecule has 20 heavy (non-hydrogen) atoms. The molecule has 0 aliphatic carbocycles. The molecule has 0 aliphatic rings. The van der Waals surface area contributed by atoms with Gasteiger partial charge >= 0.3 is 0 Å². The quantitative estimate of drug-likeness (QED) is 0.849. The van der Waals surface area contributed by atoms with Gasteiger partial charge in [-0.25, -0.2) is 4.39 Å². The largest absolute Gasteiger partial charge is 0.378 e. The van der Waals surface area contributed by atoms with Crippen molar-refractivity contribution in [3.8, 4) is 0 Å². The van der Waals surface area contributed by atoms with Gasteiger partial charge < -0.3 is 11.1 Å². The van der Waals surface area contributed by atoms with Gasteiger partial charge in [-0.2, -0.15) is 5.10 Å². The standard InChI is InChI=1S/C14H17FN4O/c1-2-5-19-9-10(8-18-19)7-17-13-6-11(14(16)20)3-4-12(13)15/h3-4,6,8-9,17H,2,5,7H2,1H3,(H2,16,20). The van der Waals surface area contributed by atoms with Crippen LogP contribution in [-0.4, -0.2) is 15.7 Å². The maximum atomic E-state index is 13.6. The molecule has 1 heterocycles. The number of primary amides is 1. The first-order chi connectivity index (χ1) is 9.60. The Balaban J connectivity index is 2.05. The highest BCUT2D eigenvalue weighted by Gasteiger charge is 2.07. The van der Waals surface area contributed by atoms with Crippen LogP contribution >= 0.6 is 0 Å². The molecule has 0 radical (unpaired) electrons. The van der Waals surface area contributed by atoms with Crippen molar-refractivity contribution in [2.75, 3.05) is 5.32 Å². The SMILES string of the molecule is CCCn1cc(CNc2cc(C(N)=O)ccc2F)cn1. The van der Waals surface area contributed by atoms with Crippen LogP contribution in [0, 0.1) is 5.82 Å². The van der Waals surface area contributed by atoms with E-state index in [4.69, 9.17) is 5.73 Å². The molecule has 0 aliphatic heterocycles. The van der Waals surface area contributed by atoms with Crippen LogP contribution in [0.3, 0.4) is 0 Å². The number of rotatable bonds is 6. The van der Waals surface area contributed by atoms with Gasteiger partial charge in [-0.3, -0.25) is 9.48 Å². The van der Waals surface area contributed by atoms with Gasteiger partial charge in [0.1, 0.15) is 5.82 Å². The van der Waals surface area contributed by atoms with Crippen LogP contribution in [-0.2, 0) is 13.1 Å². The van der Waals surface area contributed by atoms with Gasteiger partial charge in [0.15, 0.2) is 0 Å². The Bertz CT molecular complexity index is 609. The molecular formula is C14H17FN4O. The van der Waals surface area contributed by atoms with E-state index in [0.29, 0.717) is 6.54 Å². The highest BCUT2D eigenvalue weighted by molar-refractivity contribution is 5.93. The molecule has 0 fully saturated rings. The van der Waals surface area contributed by atoms with E-state index in [2.05, 4.69) is 17.3 Å². The highest BCUT2D eigenvalue weighted by atomic mass is 19.1. The number of anilines is 1. The van der Waals surface area contributed by atoms with E-state index in [0.717, 1.165) is 18.5 Å². The number of aromatic nitrogens is 2. The number of nitrogens with zero attached hydrogens (tertiary/aromatic N) is 2. The normalized spacial score (nSPS) is 10.5. The number of aryl methyl sites for hydroxylation is 1. The predicted molar refractivity (Wildman–Crippen MR) is 74.8 cm³/mol. The first-order valence-electron chi connectivity index (χ1n) is 6.44. The summed E-state index contributed by atoms with van der Waals surface area (Å²) < 4.78 is 15.5. The van der Waals surface area contributed by atoms with Crippen LogP contribution in [0.4, 0.5) is 10.1 Å². The second-order valence-corrected chi connectivity index (χ2v) is 4.52. The number of carbonyl (C=O) groups is 1. The Morgan fingerprint density at radius 2 is 2.30 bits per heavy atom. The summed E-state index contributed by atoms with van der Waals surface area (Å²) in [7, 11) is 0. The van der Waals surface area contributed by atoms with Gasteiger partial charge in [0.25, 0.3) is 0 Å². The number of halogens is 1. The fourth-order valence-electron chi connectivity index (χ4n) is 1.86. The van der Waals surface area contributed by atoms with E-state index in [1.807, 2.05) is 10.9 Å². The lowest BCUT2D eigenvalue weighted by Gasteiger charge is -2.07. The van der Waals surface area contributed by atoms with Gasteiger partial charge in [0.2, 0.25) is 5.91 Å². The Labute approximate surface area is 116 Å². The van der Waals surface area contributed by atoms with E-state index >= 15 is 0 Å². The second kappa shape index (κ2) is 6.18. The average molecular weight is 276 g/mol. The van der Waals surface area contributed by atoms with Gasteiger partial charge in [0, 0.05) is 30.4 Å². The van der Waals surface area contributed by atoms with Crippen molar-refractivity contribution in [3.63, 3.8) is 0 Å². The van der Waals surface area contributed by atoms with E-state index in [9.17, 15) is 9.18 Å². The van der Waals surface area contributed by atoms with Crippen molar-refractivity contribution < 1.29 is 9.18 Å². The summed E-state index contributed by atoms with van der Waals surface area (Å²) in [5.41, 5.74) is 6.65. The Kier molecular flexibility index (Phi) is 4.34. The lowest BCUT2D eigenvalue weighted by molar-refractivity contribution is 0.100. The van der Waals surface area contributed by atoms with E-state index in [1.54, 1.807) is 6.20 Å². The molecule has 2 aromatic rings. The molecule has 5 nitrogen and oxygen atoms in total. The molecule has 2 rings (SSSR count). The molecule has 0 saturated carbocycles. The van der Waals surface area contributed by atoms with Crippen molar-refractivity contribution >= 4 is 11.6 Å². The first kappa shape index (κ1) is 14.0. The number of nitrogens with one attached hydrogen (secondary N) is 1. The molecule has 3 N–H and O–H groups in total. The molecule has 1 aromatic heterocycles. The van der Waals surface area contributed by atoms with E-state index < -0.39 is 11.7 Å². The molecule has 0 saturated heterocycles. The summed E-state index contributed by atoms with van der Waals surface area (Å²) in [5.74, 6) is -1.00. The molecule has 6 heteroatoms. The summed E-state index contributed by atoms with van der Waals surface area (Å²) >= 11 is 0. The van der Waals surface area contributed by atoms with Crippen LogP contribution in [0.2, 0.25) is 0 Å². The number of amides is 1. The Morgan fingerprint density at radius 1 is 1.50 bits per heavy atom. The third-order valence-electron chi connectivity index (χ3n) is 2.87. The summed E-state index contributed by atoms with van der Waals surface area (Å²) in [6.07, 6.45) is 4.65. The lowest BCUT2D eigenvalue weighted by atomic mass is 10.2. The van der Waals surface area contributed by atoms with E-state index in [-0.39, 0.29) is 11.3 Å². The zero-order valence-corrected chi connectivity index (χ0v) is 11.3. The molecule has 0 unspecified atom stereocenters. The molecular weight excluding hydrogens is 259 g/mol. The number of nitrogens with two attached hydrogens (primary N) is 1. The third kappa shape index (κ3) is 3.34. The topological polar surface area (TPSA) is 72.9 Å². The maximum Gasteiger partial charge on any atom is 0.248 e. The predicted octanol–water partition coefficient (Wildman–Crippen LogP) is 2.14. The van der Waals surface area contributed by atoms with Crippen molar-refractivity contribution in [1.82, 2.24) is 9.78 Å². The molecule has 0 spiro atoms. The molecule has 0 bridgehead atoms. The zero-order valence-electron chi connectivity index (χ0n) is 11.3. The van der Waals surface area contributed by atoms with Crippen LogP contribution < -0.4 is 11.1 Å². The Morgan fingerprint density at radius 3 is 3.00 bits per heavy atom. The molecule has 106 valence electrons. The van der Waals surface area contributed by atoms with Crippen LogP contribution in [0.15, 0.2) is 30.6 Å². The summed E-state index contributed by atoms with van der Waals surface area (Å²) in [6, 6.07) is 4.00. The second-order valence-electron chi connectivity index (χ2n) is 4.52. The van der Waals surface area contributed by atoms with Crippen LogP contribution in [0.1, 0.15) is 29.3 Å².